The number of hydrogen-bond donors (Lipinski definition) is 3. The van der Waals surface area contributed by atoms with Gasteiger partial charge in [-0.15, -0.1) is 10.2 Å². The summed E-state index contributed by atoms with van der Waals surface area (Å²) in [5, 5.41) is 7.91. The van der Waals surface area contributed by atoms with E-state index in [1.165, 1.54) is 6.08 Å². The molecule has 23 heavy (non-hydrogen) atoms. The van der Waals surface area contributed by atoms with Crippen molar-refractivity contribution in [3.05, 3.63) is 28.4 Å². The zero-order chi connectivity index (χ0) is 16.8. The van der Waals surface area contributed by atoms with E-state index in [9.17, 15) is 13.2 Å². The van der Waals surface area contributed by atoms with Crippen LogP contribution in [0.15, 0.2) is 32.8 Å². The molecule has 2 aliphatic rings. The summed E-state index contributed by atoms with van der Waals surface area (Å²) in [6.07, 6.45) is 2.13. The number of aliphatic imine (C=N–C) groups is 1. The summed E-state index contributed by atoms with van der Waals surface area (Å²) in [5.74, 6) is 4.64. The van der Waals surface area contributed by atoms with Gasteiger partial charge in [0.25, 0.3) is 20.3 Å². The number of aromatic nitrogens is 2. The molecule has 12 heteroatoms. The normalized spacial score (nSPS) is 20.6. The van der Waals surface area contributed by atoms with Crippen molar-refractivity contribution < 1.29 is 13.2 Å². The Kier molecular flexibility index (Phi) is 3.75. The number of hydrazine groups is 1. The van der Waals surface area contributed by atoms with Crippen LogP contribution in [-0.4, -0.2) is 40.8 Å². The second-order valence-corrected chi connectivity index (χ2v) is 7.92. The SMILES string of the molecule is Cc1nnc(S(=O)(=O)N2C3=CCC(C(=O)NN)=CC3=NC2N)s1. The molecule has 1 atom stereocenters. The zero-order valence-electron chi connectivity index (χ0n) is 11.9. The first kappa shape index (κ1) is 15.7. The minimum atomic E-state index is -3.96. The van der Waals surface area contributed by atoms with Crippen LogP contribution in [0.5, 0.6) is 0 Å². The third-order valence-corrected chi connectivity index (χ3v) is 6.22. The first-order valence-electron chi connectivity index (χ1n) is 6.44. The van der Waals surface area contributed by atoms with Crippen LogP contribution >= 0.6 is 11.3 Å². The van der Waals surface area contributed by atoms with E-state index in [0.29, 0.717) is 22.0 Å². The van der Waals surface area contributed by atoms with Crippen LogP contribution in [-0.2, 0) is 14.8 Å². The van der Waals surface area contributed by atoms with Crippen molar-refractivity contribution in [1.29, 1.82) is 0 Å². The van der Waals surface area contributed by atoms with E-state index in [-0.39, 0.29) is 10.8 Å². The van der Waals surface area contributed by atoms with E-state index >= 15 is 0 Å². The second-order valence-electron chi connectivity index (χ2n) is 4.75. The van der Waals surface area contributed by atoms with Gasteiger partial charge in [-0.2, -0.15) is 8.42 Å². The molecule has 0 aromatic carbocycles. The van der Waals surface area contributed by atoms with Gasteiger partial charge in [0, 0.05) is 5.57 Å². The minimum Gasteiger partial charge on any atom is -0.292 e. The van der Waals surface area contributed by atoms with Gasteiger partial charge in [-0.1, -0.05) is 17.4 Å². The molecule has 1 aromatic heterocycles. The summed E-state index contributed by atoms with van der Waals surface area (Å²) >= 11 is 0.950. The molecule has 2 heterocycles. The summed E-state index contributed by atoms with van der Waals surface area (Å²) < 4.78 is 26.2. The van der Waals surface area contributed by atoms with Crippen LogP contribution in [0.3, 0.4) is 0 Å². The molecule has 10 nitrogen and oxygen atoms in total. The highest BCUT2D eigenvalue weighted by atomic mass is 32.2. The Hall–Kier alpha value is -2.15. The van der Waals surface area contributed by atoms with E-state index in [1.54, 1.807) is 13.0 Å². The summed E-state index contributed by atoms with van der Waals surface area (Å²) in [6.45, 7) is 1.66. The molecule has 0 bridgehead atoms. The fourth-order valence-electron chi connectivity index (χ4n) is 2.24. The van der Waals surface area contributed by atoms with E-state index < -0.39 is 22.2 Å². The molecule has 1 aliphatic heterocycles. The van der Waals surface area contributed by atoms with E-state index in [2.05, 4.69) is 15.2 Å². The lowest BCUT2D eigenvalue weighted by Crippen LogP contribution is -2.41. The Morgan fingerprint density at radius 1 is 1.48 bits per heavy atom. The summed E-state index contributed by atoms with van der Waals surface area (Å²) in [5.41, 5.74) is 8.87. The van der Waals surface area contributed by atoms with Crippen molar-refractivity contribution in [2.45, 2.75) is 24.0 Å². The highest BCUT2D eigenvalue weighted by Crippen LogP contribution is 2.32. The fraction of sp³-hybridized carbons (Fsp3) is 0.273. The van der Waals surface area contributed by atoms with Gasteiger partial charge in [-0.25, -0.2) is 15.1 Å². The first-order valence-corrected chi connectivity index (χ1v) is 8.70. The smallest absolute Gasteiger partial charge is 0.292 e. The number of fused-ring (bicyclic) bond motifs is 1. The van der Waals surface area contributed by atoms with Crippen LogP contribution in [0.2, 0.25) is 0 Å². The van der Waals surface area contributed by atoms with Crippen LogP contribution in [0.1, 0.15) is 11.4 Å². The average molecular weight is 355 g/mol. The van der Waals surface area contributed by atoms with Gasteiger partial charge in [0.05, 0.1) is 11.4 Å². The zero-order valence-corrected chi connectivity index (χ0v) is 13.6. The largest absolute Gasteiger partial charge is 0.296 e. The molecular weight excluding hydrogens is 342 g/mol. The monoisotopic (exact) mass is 355 g/mol. The van der Waals surface area contributed by atoms with Crippen molar-refractivity contribution in [3.8, 4) is 0 Å². The topological polar surface area (TPSA) is 157 Å². The van der Waals surface area contributed by atoms with Crippen LogP contribution in [0, 0.1) is 6.92 Å². The second kappa shape index (κ2) is 5.49. The number of carbonyl (C=O) groups is 1. The maximum atomic E-state index is 12.7. The average Bonchev–Trinajstić information content (AvgIpc) is 3.08. The number of nitrogens with two attached hydrogens (primary N) is 2. The highest BCUT2D eigenvalue weighted by molar-refractivity contribution is 7.91. The Morgan fingerprint density at radius 2 is 2.22 bits per heavy atom. The Labute approximate surface area is 135 Å². The third-order valence-electron chi connectivity index (χ3n) is 3.25. The van der Waals surface area contributed by atoms with E-state index in [0.717, 1.165) is 15.6 Å². The lowest BCUT2D eigenvalue weighted by Gasteiger charge is -2.23. The maximum absolute atomic E-state index is 12.7. The number of nitrogens with one attached hydrogen (secondary N) is 1. The van der Waals surface area contributed by atoms with E-state index in [1.807, 2.05) is 5.43 Å². The number of nitrogens with zero attached hydrogens (tertiary/aromatic N) is 4. The standard InChI is InChI=1S/C11H13N7O3S2/c1-5-16-17-11(22-5)23(20,21)18-8-3-2-6(9(19)15-13)4-7(8)14-10(18)12/h3-4,10H,2,12-13H2,1H3,(H,15,19). The van der Waals surface area contributed by atoms with Crippen molar-refractivity contribution in [2.24, 2.45) is 16.6 Å². The quantitative estimate of drug-likeness (QED) is 0.347. The lowest BCUT2D eigenvalue weighted by molar-refractivity contribution is -0.117. The summed E-state index contributed by atoms with van der Waals surface area (Å²) in [6, 6.07) is 0. The number of rotatable bonds is 3. The Balaban J connectivity index is 1.97. The number of carbonyl (C=O) groups excluding carboxylic acids is 1. The molecule has 1 unspecified atom stereocenters. The number of allylic oxidation sites excluding steroid dienone is 2. The fourth-order valence-corrected chi connectivity index (χ4v) is 4.75. The predicted molar refractivity (Wildman–Crippen MR) is 82.2 cm³/mol. The van der Waals surface area contributed by atoms with Crippen LogP contribution in [0.4, 0.5) is 0 Å². The van der Waals surface area contributed by atoms with Crippen LogP contribution in [0.25, 0.3) is 0 Å². The minimum absolute atomic E-state index is 0.155. The molecule has 0 fully saturated rings. The third kappa shape index (κ3) is 2.55. The number of sulfonamides is 1. The predicted octanol–water partition coefficient (Wildman–Crippen LogP) is -1.26. The molecule has 0 saturated heterocycles. The molecule has 0 saturated carbocycles. The lowest BCUT2D eigenvalue weighted by atomic mass is 10.0. The van der Waals surface area contributed by atoms with Crippen LogP contribution < -0.4 is 17.0 Å². The molecule has 3 rings (SSSR count). The van der Waals surface area contributed by atoms with Crippen molar-refractivity contribution in [3.63, 3.8) is 0 Å². The number of aryl methyl sites for hydroxylation is 1. The van der Waals surface area contributed by atoms with Gasteiger partial charge >= 0.3 is 0 Å². The van der Waals surface area contributed by atoms with Gasteiger partial charge in [0.1, 0.15) is 5.01 Å². The van der Waals surface area contributed by atoms with Crippen molar-refractivity contribution >= 4 is 33.0 Å². The molecule has 0 spiro atoms. The van der Waals surface area contributed by atoms with Crippen molar-refractivity contribution in [2.75, 3.05) is 0 Å². The molecule has 1 amide bonds. The van der Waals surface area contributed by atoms with Gasteiger partial charge in [-0.3, -0.25) is 16.0 Å². The van der Waals surface area contributed by atoms with Gasteiger partial charge in [0.15, 0.2) is 6.29 Å². The molecule has 1 aromatic rings. The van der Waals surface area contributed by atoms with Gasteiger partial charge < -0.3 is 0 Å². The Bertz CT molecular complexity index is 868. The molecular formula is C11H13N7O3S2. The molecule has 1 aliphatic carbocycles. The Morgan fingerprint density at radius 3 is 2.83 bits per heavy atom. The first-order chi connectivity index (χ1) is 10.8. The number of hydrogen-bond acceptors (Lipinski definition) is 9. The van der Waals surface area contributed by atoms with Gasteiger partial charge in [0.2, 0.25) is 0 Å². The highest BCUT2D eigenvalue weighted by Gasteiger charge is 2.40. The summed E-state index contributed by atoms with van der Waals surface area (Å²) in [7, 11) is -3.96. The maximum Gasteiger partial charge on any atom is 0.296 e. The molecule has 5 N–H and O–H groups in total. The van der Waals surface area contributed by atoms with E-state index in [4.69, 9.17) is 11.6 Å². The van der Waals surface area contributed by atoms with Crippen molar-refractivity contribution in [1.82, 2.24) is 19.9 Å². The summed E-state index contributed by atoms with van der Waals surface area (Å²) in [4.78, 5) is 15.7. The van der Waals surface area contributed by atoms with Gasteiger partial charge in [-0.05, 0) is 19.4 Å². The molecule has 0 radical (unpaired) electrons. The number of amides is 1. The molecule has 122 valence electrons.